The molecule has 0 saturated carbocycles. The average molecular weight is 380 g/mol. The standard InChI is InChI=1S/C22H28N4O2/c1-15-7-8-19(16(2)11-15)20-14-26(9-10-28-20)22(24-3)25-13-17-5-4-6-18(12-17)21(23)27/h4-8,11-12,20H,9-10,13-14H2,1-3H3,(H2,23,27)(H,24,25). The molecule has 6 nitrogen and oxygen atoms in total. The van der Waals surface area contributed by atoms with Crippen LogP contribution in [-0.4, -0.2) is 43.5 Å². The van der Waals surface area contributed by atoms with Gasteiger partial charge in [0.05, 0.1) is 13.2 Å². The number of ether oxygens (including phenoxy) is 1. The molecule has 0 aromatic heterocycles. The van der Waals surface area contributed by atoms with Gasteiger partial charge in [0.2, 0.25) is 5.91 Å². The Morgan fingerprint density at radius 3 is 2.82 bits per heavy atom. The second-order valence-corrected chi connectivity index (χ2v) is 7.13. The van der Waals surface area contributed by atoms with Crippen molar-refractivity contribution in [3.63, 3.8) is 0 Å². The Bertz CT molecular complexity index is 879. The van der Waals surface area contributed by atoms with Gasteiger partial charge in [-0.25, -0.2) is 0 Å². The molecule has 2 aromatic rings. The molecule has 28 heavy (non-hydrogen) atoms. The maximum absolute atomic E-state index is 11.4. The van der Waals surface area contributed by atoms with Gasteiger partial charge in [-0.3, -0.25) is 9.79 Å². The molecule has 1 unspecified atom stereocenters. The van der Waals surface area contributed by atoms with Crippen LogP contribution in [0.5, 0.6) is 0 Å². The summed E-state index contributed by atoms with van der Waals surface area (Å²) >= 11 is 0. The van der Waals surface area contributed by atoms with Gasteiger partial charge in [-0.1, -0.05) is 35.9 Å². The number of hydrogen-bond acceptors (Lipinski definition) is 3. The molecule has 1 aliphatic rings. The van der Waals surface area contributed by atoms with Crippen molar-refractivity contribution in [2.24, 2.45) is 10.7 Å². The van der Waals surface area contributed by atoms with Crippen molar-refractivity contribution in [2.75, 3.05) is 26.7 Å². The number of aliphatic imine (C=N–C) groups is 1. The van der Waals surface area contributed by atoms with Crippen molar-refractivity contribution in [2.45, 2.75) is 26.5 Å². The smallest absolute Gasteiger partial charge is 0.248 e. The number of carbonyl (C=O) groups is 1. The van der Waals surface area contributed by atoms with Crippen LogP contribution in [0.15, 0.2) is 47.5 Å². The van der Waals surface area contributed by atoms with Gasteiger partial charge in [-0.15, -0.1) is 0 Å². The number of carbonyl (C=O) groups excluding carboxylic acids is 1. The topological polar surface area (TPSA) is 79.9 Å². The van der Waals surface area contributed by atoms with Crippen molar-refractivity contribution >= 4 is 11.9 Å². The second kappa shape index (κ2) is 8.89. The van der Waals surface area contributed by atoms with Crippen LogP contribution in [0.3, 0.4) is 0 Å². The molecule has 1 fully saturated rings. The van der Waals surface area contributed by atoms with Gasteiger partial charge in [0.1, 0.15) is 6.10 Å². The van der Waals surface area contributed by atoms with E-state index in [0.717, 1.165) is 24.6 Å². The molecule has 3 N–H and O–H groups in total. The molecule has 3 rings (SSSR count). The van der Waals surface area contributed by atoms with Crippen molar-refractivity contribution in [3.8, 4) is 0 Å². The molecule has 0 spiro atoms. The number of nitrogens with zero attached hydrogens (tertiary/aromatic N) is 2. The summed E-state index contributed by atoms with van der Waals surface area (Å²) in [6.07, 6.45) is 0.0195. The number of guanidine groups is 1. The number of primary amides is 1. The van der Waals surface area contributed by atoms with E-state index in [0.29, 0.717) is 18.7 Å². The second-order valence-electron chi connectivity index (χ2n) is 7.13. The monoisotopic (exact) mass is 380 g/mol. The van der Waals surface area contributed by atoms with Gasteiger partial charge in [0, 0.05) is 25.7 Å². The van der Waals surface area contributed by atoms with Gasteiger partial charge in [0.15, 0.2) is 5.96 Å². The normalized spacial score (nSPS) is 17.5. The maximum atomic E-state index is 11.4. The van der Waals surface area contributed by atoms with E-state index < -0.39 is 5.91 Å². The van der Waals surface area contributed by atoms with Gasteiger partial charge >= 0.3 is 0 Å². The molecule has 1 heterocycles. The summed E-state index contributed by atoms with van der Waals surface area (Å²) in [5.41, 5.74) is 10.6. The Morgan fingerprint density at radius 2 is 2.11 bits per heavy atom. The molecule has 1 saturated heterocycles. The minimum Gasteiger partial charge on any atom is -0.370 e. The summed E-state index contributed by atoms with van der Waals surface area (Å²) in [4.78, 5) is 18.0. The SMILES string of the molecule is CN=C(NCc1cccc(C(N)=O)c1)N1CCOC(c2ccc(C)cc2C)C1. The minimum atomic E-state index is -0.421. The highest BCUT2D eigenvalue weighted by atomic mass is 16.5. The van der Waals surface area contributed by atoms with Crippen LogP contribution in [-0.2, 0) is 11.3 Å². The highest BCUT2D eigenvalue weighted by molar-refractivity contribution is 5.92. The first-order chi connectivity index (χ1) is 13.5. The number of morpholine rings is 1. The van der Waals surface area contributed by atoms with Crippen LogP contribution in [0.4, 0.5) is 0 Å². The largest absolute Gasteiger partial charge is 0.370 e. The highest BCUT2D eigenvalue weighted by Crippen LogP contribution is 2.26. The third kappa shape index (κ3) is 4.70. The summed E-state index contributed by atoms with van der Waals surface area (Å²) in [6.45, 7) is 6.97. The number of benzene rings is 2. The van der Waals surface area contributed by atoms with Crippen molar-refractivity contribution in [3.05, 3.63) is 70.3 Å². The Morgan fingerprint density at radius 1 is 1.29 bits per heavy atom. The van der Waals surface area contributed by atoms with Crippen molar-refractivity contribution < 1.29 is 9.53 Å². The lowest BCUT2D eigenvalue weighted by Crippen LogP contribution is -2.48. The lowest BCUT2D eigenvalue weighted by Gasteiger charge is -2.36. The van der Waals surface area contributed by atoms with E-state index >= 15 is 0 Å². The fraction of sp³-hybridized carbons (Fsp3) is 0.364. The van der Waals surface area contributed by atoms with E-state index in [2.05, 4.69) is 47.3 Å². The fourth-order valence-electron chi connectivity index (χ4n) is 3.56. The van der Waals surface area contributed by atoms with Crippen molar-refractivity contribution in [1.82, 2.24) is 10.2 Å². The number of nitrogens with one attached hydrogen (secondary N) is 1. The molecule has 1 atom stereocenters. The molecule has 0 aliphatic carbocycles. The van der Waals surface area contributed by atoms with E-state index in [1.807, 2.05) is 12.1 Å². The van der Waals surface area contributed by atoms with E-state index in [9.17, 15) is 4.79 Å². The number of hydrogen-bond donors (Lipinski definition) is 2. The molecular weight excluding hydrogens is 352 g/mol. The van der Waals surface area contributed by atoms with E-state index in [4.69, 9.17) is 10.5 Å². The summed E-state index contributed by atoms with van der Waals surface area (Å²) in [5, 5.41) is 3.39. The molecular formula is C22H28N4O2. The Kier molecular flexibility index (Phi) is 6.31. The molecule has 2 aromatic carbocycles. The number of amides is 1. The van der Waals surface area contributed by atoms with Crippen molar-refractivity contribution in [1.29, 1.82) is 0 Å². The minimum absolute atomic E-state index is 0.0195. The van der Waals surface area contributed by atoms with Crippen LogP contribution in [0.2, 0.25) is 0 Å². The summed E-state index contributed by atoms with van der Waals surface area (Å²) in [7, 11) is 1.78. The highest BCUT2D eigenvalue weighted by Gasteiger charge is 2.25. The van der Waals surface area contributed by atoms with E-state index in [1.54, 1.807) is 19.2 Å². The van der Waals surface area contributed by atoms with E-state index in [-0.39, 0.29) is 6.10 Å². The third-order valence-electron chi connectivity index (χ3n) is 5.01. The van der Waals surface area contributed by atoms with Gasteiger partial charge in [-0.05, 0) is 42.7 Å². The number of rotatable bonds is 4. The molecule has 1 amide bonds. The zero-order valence-corrected chi connectivity index (χ0v) is 16.7. The van der Waals surface area contributed by atoms with Crippen LogP contribution < -0.4 is 11.1 Å². The van der Waals surface area contributed by atoms with Crippen LogP contribution in [0.1, 0.15) is 38.7 Å². The van der Waals surface area contributed by atoms with E-state index in [1.165, 1.54) is 16.7 Å². The first-order valence-corrected chi connectivity index (χ1v) is 9.51. The lowest BCUT2D eigenvalue weighted by atomic mass is 10.00. The third-order valence-corrected chi connectivity index (χ3v) is 5.01. The number of nitrogens with two attached hydrogens (primary N) is 1. The molecule has 0 radical (unpaired) electrons. The fourth-order valence-corrected chi connectivity index (χ4v) is 3.56. The predicted octanol–water partition coefficient (Wildman–Crippen LogP) is 2.55. The molecule has 1 aliphatic heterocycles. The zero-order valence-electron chi connectivity index (χ0n) is 16.7. The lowest BCUT2D eigenvalue weighted by molar-refractivity contribution is -0.00834. The summed E-state index contributed by atoms with van der Waals surface area (Å²) < 4.78 is 6.04. The molecule has 6 heteroatoms. The Labute approximate surface area is 166 Å². The zero-order chi connectivity index (χ0) is 20.1. The van der Waals surface area contributed by atoms with Gasteiger partial charge < -0.3 is 20.7 Å². The predicted molar refractivity (Wildman–Crippen MR) is 111 cm³/mol. The Balaban J connectivity index is 1.67. The van der Waals surface area contributed by atoms with Gasteiger partial charge in [-0.2, -0.15) is 0 Å². The quantitative estimate of drug-likeness (QED) is 0.631. The Hall–Kier alpha value is -2.86. The average Bonchev–Trinajstić information content (AvgIpc) is 2.69. The first kappa shape index (κ1) is 19.9. The maximum Gasteiger partial charge on any atom is 0.248 e. The van der Waals surface area contributed by atoms with Gasteiger partial charge in [0.25, 0.3) is 0 Å². The molecule has 148 valence electrons. The first-order valence-electron chi connectivity index (χ1n) is 9.51. The van der Waals surface area contributed by atoms with Crippen LogP contribution >= 0.6 is 0 Å². The molecule has 0 bridgehead atoms. The summed E-state index contributed by atoms with van der Waals surface area (Å²) in [5.74, 6) is 0.401. The number of aryl methyl sites for hydroxylation is 2. The summed E-state index contributed by atoms with van der Waals surface area (Å²) in [6, 6.07) is 13.8. The van der Waals surface area contributed by atoms with Crippen LogP contribution in [0.25, 0.3) is 0 Å². The van der Waals surface area contributed by atoms with Crippen LogP contribution in [0, 0.1) is 13.8 Å².